The molecular formula is C21H23ClFN3O3S. The van der Waals surface area contributed by atoms with Crippen LogP contribution in [0.4, 0.5) is 4.39 Å². The van der Waals surface area contributed by atoms with Crippen LogP contribution in [-0.4, -0.2) is 35.5 Å². The topological polar surface area (TPSA) is 102 Å². The van der Waals surface area contributed by atoms with Crippen molar-refractivity contribution < 1.29 is 17.6 Å². The minimum absolute atomic E-state index is 0.0315. The number of aryl methyl sites for hydroxylation is 1. The lowest BCUT2D eigenvalue weighted by atomic mass is 9.90. The molecule has 9 heteroatoms. The number of sulfone groups is 1. The highest BCUT2D eigenvalue weighted by Gasteiger charge is 2.49. The Balaban J connectivity index is 2.00. The maximum atomic E-state index is 14.7. The second kappa shape index (κ2) is 7.42. The first-order valence-corrected chi connectivity index (χ1v) is 11.3. The van der Waals surface area contributed by atoms with Crippen LogP contribution in [0.2, 0.25) is 5.02 Å². The highest BCUT2D eigenvalue weighted by molar-refractivity contribution is 7.93. The van der Waals surface area contributed by atoms with Gasteiger partial charge in [0.25, 0.3) is 0 Å². The number of pyridine rings is 1. The lowest BCUT2D eigenvalue weighted by Crippen LogP contribution is -2.55. The number of nitrogens with zero attached hydrogens (tertiary/aromatic N) is 2. The Labute approximate surface area is 180 Å². The van der Waals surface area contributed by atoms with E-state index in [4.69, 9.17) is 17.3 Å². The van der Waals surface area contributed by atoms with Gasteiger partial charge in [0.2, 0.25) is 0 Å². The largest absolute Gasteiger partial charge is 0.386 e. The summed E-state index contributed by atoms with van der Waals surface area (Å²) >= 11 is 5.89. The molecule has 1 aliphatic rings. The first kappa shape index (κ1) is 22.4. The number of nitrogens with two attached hydrogens (primary N) is 1. The summed E-state index contributed by atoms with van der Waals surface area (Å²) in [5.74, 6) is -1.33. The molecule has 1 aliphatic heterocycles. The van der Waals surface area contributed by atoms with Gasteiger partial charge < -0.3 is 5.73 Å². The quantitative estimate of drug-likeness (QED) is 0.718. The molecule has 1 atom stereocenters. The van der Waals surface area contributed by atoms with Gasteiger partial charge in [-0.3, -0.25) is 14.8 Å². The molecule has 30 heavy (non-hydrogen) atoms. The smallest absolute Gasteiger partial charge is 0.185 e. The van der Waals surface area contributed by atoms with Crippen molar-refractivity contribution in [2.45, 2.75) is 44.4 Å². The molecule has 0 saturated heterocycles. The third kappa shape index (κ3) is 3.86. The van der Waals surface area contributed by atoms with E-state index >= 15 is 0 Å². The number of carbonyl (C=O) groups is 1. The number of aliphatic imine (C=N–C) groups is 1. The number of aromatic nitrogens is 1. The van der Waals surface area contributed by atoms with Crippen LogP contribution >= 0.6 is 11.6 Å². The number of amidine groups is 1. The van der Waals surface area contributed by atoms with Gasteiger partial charge >= 0.3 is 0 Å². The minimum Gasteiger partial charge on any atom is -0.386 e. The number of ketones is 1. The van der Waals surface area contributed by atoms with Crippen LogP contribution in [0.1, 0.15) is 48.0 Å². The van der Waals surface area contributed by atoms with Gasteiger partial charge in [-0.05, 0) is 57.0 Å². The Kier molecular flexibility index (Phi) is 5.54. The summed E-state index contributed by atoms with van der Waals surface area (Å²) < 4.78 is 38.9. The van der Waals surface area contributed by atoms with Gasteiger partial charge in [-0.1, -0.05) is 17.7 Å². The van der Waals surface area contributed by atoms with Crippen molar-refractivity contribution in [3.8, 4) is 0 Å². The molecule has 1 aromatic heterocycles. The molecule has 3 rings (SSSR count). The molecule has 0 amide bonds. The molecule has 0 spiro atoms. The van der Waals surface area contributed by atoms with E-state index < -0.39 is 25.9 Å². The second-order valence-electron chi connectivity index (χ2n) is 8.27. The fourth-order valence-electron chi connectivity index (χ4n) is 3.48. The predicted octanol–water partition coefficient (Wildman–Crippen LogP) is 3.39. The first-order valence-electron chi connectivity index (χ1n) is 9.29. The molecule has 6 nitrogen and oxygen atoms in total. The van der Waals surface area contributed by atoms with Crippen LogP contribution in [0.3, 0.4) is 0 Å². The molecular weight excluding hydrogens is 429 g/mol. The molecule has 0 saturated carbocycles. The zero-order valence-corrected chi connectivity index (χ0v) is 18.7. The molecule has 1 aromatic carbocycles. The maximum Gasteiger partial charge on any atom is 0.185 e. The Morgan fingerprint density at radius 2 is 1.93 bits per heavy atom. The number of halogens is 2. The summed E-state index contributed by atoms with van der Waals surface area (Å²) in [4.78, 5) is 21.1. The summed E-state index contributed by atoms with van der Waals surface area (Å²) in [5, 5.41) is 0.429. The summed E-state index contributed by atoms with van der Waals surface area (Å²) in [7, 11) is -3.68. The number of carbonyl (C=O) groups excluding carboxylic acids is 1. The monoisotopic (exact) mass is 451 g/mol. The maximum absolute atomic E-state index is 14.7. The molecule has 0 fully saturated rings. The summed E-state index contributed by atoms with van der Waals surface area (Å²) in [6.45, 7) is 6.22. The third-order valence-electron chi connectivity index (χ3n) is 5.52. The standard InChI is InChI=1S/C21H23ClFN3O3S/c1-12-7-14(22)10-25-18(12)17(27)9-13-5-6-16(23)15(8-13)21(4)11-30(28,29)20(2,3)19(24)26-21/h5-8,10H,9,11H2,1-4H3,(H2,24,26)/t21-/m0/s1. The minimum atomic E-state index is -3.68. The molecule has 2 aromatic rings. The SMILES string of the molecule is Cc1cc(Cl)cnc1C(=O)Cc1ccc(F)c([C@]2(C)CS(=O)(=O)C(C)(C)C(N)=N2)c1. The summed E-state index contributed by atoms with van der Waals surface area (Å²) in [6.07, 6.45) is 1.36. The van der Waals surface area contributed by atoms with Crippen LogP contribution in [0.5, 0.6) is 0 Å². The van der Waals surface area contributed by atoms with Gasteiger partial charge in [-0.15, -0.1) is 0 Å². The molecule has 0 unspecified atom stereocenters. The van der Waals surface area contributed by atoms with Crippen LogP contribution in [-0.2, 0) is 21.8 Å². The van der Waals surface area contributed by atoms with Gasteiger partial charge in [0.15, 0.2) is 15.6 Å². The Hall–Kier alpha value is -2.32. The Bertz CT molecular complexity index is 1180. The predicted molar refractivity (Wildman–Crippen MR) is 115 cm³/mol. The second-order valence-corrected chi connectivity index (χ2v) is 11.2. The molecule has 0 aliphatic carbocycles. The Morgan fingerprint density at radius 1 is 1.27 bits per heavy atom. The van der Waals surface area contributed by atoms with Gasteiger partial charge in [0.1, 0.15) is 27.6 Å². The van der Waals surface area contributed by atoms with Gasteiger partial charge in [-0.2, -0.15) is 0 Å². The normalized spacial score (nSPS) is 22.4. The van der Waals surface area contributed by atoms with Crippen molar-refractivity contribution >= 4 is 33.1 Å². The average Bonchev–Trinajstić information content (AvgIpc) is 2.61. The Morgan fingerprint density at radius 3 is 2.53 bits per heavy atom. The van der Waals surface area contributed by atoms with Crippen molar-refractivity contribution in [3.63, 3.8) is 0 Å². The van der Waals surface area contributed by atoms with E-state index in [-0.39, 0.29) is 35.0 Å². The van der Waals surface area contributed by atoms with Crippen LogP contribution in [0.15, 0.2) is 35.5 Å². The van der Waals surface area contributed by atoms with Crippen molar-refractivity contribution in [3.05, 3.63) is 63.7 Å². The fraction of sp³-hybridized carbons (Fsp3) is 0.381. The third-order valence-corrected chi connectivity index (χ3v) is 8.43. The van der Waals surface area contributed by atoms with E-state index in [2.05, 4.69) is 9.98 Å². The lowest BCUT2D eigenvalue weighted by Gasteiger charge is -2.38. The fourth-order valence-corrected chi connectivity index (χ4v) is 5.37. The number of Topliss-reactive ketones (excluding diaryl/α,β-unsaturated/α-hetero) is 1. The van der Waals surface area contributed by atoms with Crippen molar-refractivity contribution in [1.82, 2.24) is 4.98 Å². The van der Waals surface area contributed by atoms with E-state index in [1.165, 1.54) is 45.2 Å². The lowest BCUT2D eigenvalue weighted by molar-refractivity contribution is 0.0987. The zero-order chi connectivity index (χ0) is 22.5. The van der Waals surface area contributed by atoms with E-state index in [1.807, 2.05) is 0 Å². The van der Waals surface area contributed by atoms with E-state index in [0.29, 0.717) is 16.1 Å². The van der Waals surface area contributed by atoms with Crippen LogP contribution < -0.4 is 5.73 Å². The summed E-state index contributed by atoms with van der Waals surface area (Å²) in [5.41, 5.74) is 6.07. The zero-order valence-electron chi connectivity index (χ0n) is 17.2. The number of hydrogen-bond acceptors (Lipinski definition) is 6. The highest BCUT2D eigenvalue weighted by atomic mass is 35.5. The van der Waals surface area contributed by atoms with Crippen molar-refractivity contribution in [2.24, 2.45) is 10.7 Å². The molecule has 160 valence electrons. The highest BCUT2D eigenvalue weighted by Crippen LogP contribution is 2.38. The van der Waals surface area contributed by atoms with E-state index in [0.717, 1.165) is 0 Å². The van der Waals surface area contributed by atoms with Crippen molar-refractivity contribution in [1.29, 1.82) is 0 Å². The van der Waals surface area contributed by atoms with E-state index in [9.17, 15) is 17.6 Å². The van der Waals surface area contributed by atoms with Gasteiger partial charge in [0.05, 0.1) is 10.8 Å². The molecule has 0 bridgehead atoms. The van der Waals surface area contributed by atoms with Crippen molar-refractivity contribution in [2.75, 3.05) is 5.75 Å². The van der Waals surface area contributed by atoms with Crippen LogP contribution in [0, 0.1) is 12.7 Å². The number of hydrogen-bond donors (Lipinski definition) is 1. The summed E-state index contributed by atoms with van der Waals surface area (Å²) in [6, 6.07) is 5.82. The van der Waals surface area contributed by atoms with Crippen LogP contribution in [0.25, 0.3) is 0 Å². The first-order chi connectivity index (χ1) is 13.8. The molecule has 0 radical (unpaired) electrons. The van der Waals surface area contributed by atoms with Gasteiger partial charge in [0, 0.05) is 18.2 Å². The number of benzene rings is 1. The van der Waals surface area contributed by atoms with E-state index in [1.54, 1.807) is 13.0 Å². The number of rotatable bonds is 4. The molecule has 2 heterocycles. The van der Waals surface area contributed by atoms with Gasteiger partial charge in [-0.25, -0.2) is 12.8 Å². The molecule has 2 N–H and O–H groups in total. The average molecular weight is 452 g/mol.